The highest BCUT2D eigenvalue weighted by atomic mass is 79.9. The van der Waals surface area contributed by atoms with Crippen molar-refractivity contribution in [3.8, 4) is 10.4 Å². The van der Waals surface area contributed by atoms with Gasteiger partial charge in [-0.3, -0.25) is 4.90 Å². The first kappa shape index (κ1) is 17.1. The average Bonchev–Trinajstić information content (AvgIpc) is 2.85. The number of rotatable bonds is 2. The van der Waals surface area contributed by atoms with Crippen LogP contribution in [0.5, 0.6) is 0 Å². The minimum atomic E-state index is -1.20. The Balaban J connectivity index is 0.00000161. The van der Waals surface area contributed by atoms with Crippen molar-refractivity contribution in [2.45, 2.75) is 5.79 Å². The molecule has 6 heteroatoms. The van der Waals surface area contributed by atoms with Gasteiger partial charge in [0.1, 0.15) is 0 Å². The second-order valence-corrected chi connectivity index (χ2v) is 6.82. The number of likely N-dealkylation sites (N-methyl/N-ethyl adjacent to an activating group) is 1. The smallest absolute Gasteiger partial charge is 0.205 e. The first-order chi connectivity index (χ1) is 9.58. The zero-order valence-corrected chi connectivity index (χ0v) is 15.7. The maximum absolute atomic E-state index is 10.6. The van der Waals surface area contributed by atoms with Crippen molar-refractivity contribution in [3.63, 3.8) is 0 Å². The number of aliphatic hydroxyl groups is 1. The Labute approximate surface area is 147 Å². The Morgan fingerprint density at radius 2 is 2.00 bits per heavy atom. The van der Waals surface area contributed by atoms with Crippen LogP contribution in [0.15, 0.2) is 40.2 Å². The zero-order valence-electron chi connectivity index (χ0n) is 11.6. The number of benzene rings is 1. The SMILES string of the molecule is Br.CN1CCOC(O)(c2ccc(-c3sccc3Br)cc2)C1. The van der Waals surface area contributed by atoms with Crippen molar-refractivity contribution in [1.29, 1.82) is 0 Å². The highest BCUT2D eigenvalue weighted by molar-refractivity contribution is 9.10. The van der Waals surface area contributed by atoms with Crippen molar-refractivity contribution in [2.24, 2.45) is 0 Å². The van der Waals surface area contributed by atoms with Gasteiger partial charge in [0.25, 0.3) is 0 Å². The molecule has 1 atom stereocenters. The van der Waals surface area contributed by atoms with Crippen molar-refractivity contribution in [1.82, 2.24) is 4.90 Å². The van der Waals surface area contributed by atoms with Crippen molar-refractivity contribution in [3.05, 3.63) is 45.7 Å². The summed E-state index contributed by atoms with van der Waals surface area (Å²) in [5.74, 6) is -1.20. The molecule has 114 valence electrons. The number of morpholine rings is 1. The quantitative estimate of drug-likeness (QED) is 0.778. The molecule has 1 aliphatic heterocycles. The lowest BCUT2D eigenvalue weighted by Gasteiger charge is -2.37. The van der Waals surface area contributed by atoms with Crippen LogP contribution in [0.4, 0.5) is 0 Å². The molecule has 1 N–H and O–H groups in total. The molecule has 2 heterocycles. The summed E-state index contributed by atoms with van der Waals surface area (Å²) >= 11 is 5.24. The lowest BCUT2D eigenvalue weighted by atomic mass is 10.0. The fourth-order valence-electron chi connectivity index (χ4n) is 2.42. The topological polar surface area (TPSA) is 32.7 Å². The van der Waals surface area contributed by atoms with Crippen molar-refractivity contribution >= 4 is 44.2 Å². The maximum atomic E-state index is 10.6. The Hall–Kier alpha value is -0.240. The summed E-state index contributed by atoms with van der Waals surface area (Å²) in [6, 6.07) is 9.99. The molecule has 1 unspecified atom stereocenters. The number of ether oxygens (including phenoxy) is 1. The molecule has 0 bridgehead atoms. The number of hydrogen-bond acceptors (Lipinski definition) is 4. The van der Waals surface area contributed by atoms with E-state index in [2.05, 4.69) is 26.2 Å². The molecule has 0 spiro atoms. The second kappa shape index (κ2) is 6.89. The first-order valence-electron chi connectivity index (χ1n) is 6.47. The van der Waals surface area contributed by atoms with Gasteiger partial charge in [-0.2, -0.15) is 0 Å². The third-order valence-electron chi connectivity index (χ3n) is 3.51. The van der Waals surface area contributed by atoms with Crippen LogP contribution in [0.25, 0.3) is 10.4 Å². The van der Waals surface area contributed by atoms with Crippen molar-refractivity contribution in [2.75, 3.05) is 26.7 Å². The van der Waals surface area contributed by atoms with Crippen LogP contribution in [0.3, 0.4) is 0 Å². The van der Waals surface area contributed by atoms with Gasteiger partial charge >= 0.3 is 0 Å². The first-order valence-corrected chi connectivity index (χ1v) is 8.14. The van der Waals surface area contributed by atoms with Crippen LogP contribution in [0, 0.1) is 0 Å². The van der Waals surface area contributed by atoms with Crippen LogP contribution in [0.2, 0.25) is 0 Å². The summed E-state index contributed by atoms with van der Waals surface area (Å²) in [6.07, 6.45) is 0. The minimum absolute atomic E-state index is 0. The molecule has 3 rings (SSSR count). The van der Waals surface area contributed by atoms with Crippen molar-refractivity contribution < 1.29 is 9.84 Å². The van der Waals surface area contributed by atoms with E-state index in [4.69, 9.17) is 4.74 Å². The normalized spacial score (nSPS) is 22.8. The number of hydrogen-bond donors (Lipinski definition) is 1. The van der Waals surface area contributed by atoms with Gasteiger partial charge in [-0.15, -0.1) is 28.3 Å². The molecule has 1 aliphatic rings. The van der Waals surface area contributed by atoms with E-state index in [0.29, 0.717) is 13.2 Å². The van der Waals surface area contributed by atoms with Gasteiger partial charge < -0.3 is 9.84 Å². The molecule has 1 aromatic heterocycles. The van der Waals surface area contributed by atoms with E-state index >= 15 is 0 Å². The highest BCUT2D eigenvalue weighted by Gasteiger charge is 2.34. The molecule has 3 nitrogen and oxygen atoms in total. The number of halogens is 2. The molecule has 0 amide bonds. The van der Waals surface area contributed by atoms with Gasteiger partial charge in [-0.25, -0.2) is 0 Å². The molecule has 1 fully saturated rings. The third kappa shape index (κ3) is 3.57. The molecule has 2 aromatic rings. The summed E-state index contributed by atoms with van der Waals surface area (Å²) in [5.41, 5.74) is 1.95. The third-order valence-corrected chi connectivity index (χ3v) is 5.40. The molecular formula is C15H17Br2NO2S. The van der Waals surface area contributed by atoms with Crippen LogP contribution in [0.1, 0.15) is 5.56 Å². The van der Waals surface area contributed by atoms with Gasteiger partial charge in [0.05, 0.1) is 13.2 Å². The van der Waals surface area contributed by atoms with Crippen LogP contribution >= 0.6 is 44.2 Å². The van der Waals surface area contributed by atoms with Crippen LogP contribution in [-0.2, 0) is 10.5 Å². The van der Waals surface area contributed by atoms with Gasteiger partial charge in [0.15, 0.2) is 0 Å². The second-order valence-electron chi connectivity index (χ2n) is 5.05. The molecular weight excluding hydrogens is 418 g/mol. The number of thiophene rings is 1. The summed E-state index contributed by atoms with van der Waals surface area (Å²) in [4.78, 5) is 3.28. The monoisotopic (exact) mass is 433 g/mol. The lowest BCUT2D eigenvalue weighted by molar-refractivity contribution is -0.245. The molecule has 1 aromatic carbocycles. The Kier molecular flexibility index (Phi) is 5.62. The molecule has 0 radical (unpaired) electrons. The average molecular weight is 435 g/mol. The van der Waals surface area contributed by atoms with E-state index in [1.54, 1.807) is 11.3 Å². The fraction of sp³-hybridized carbons (Fsp3) is 0.333. The molecule has 0 aliphatic carbocycles. The van der Waals surface area contributed by atoms with Gasteiger partial charge in [-0.1, -0.05) is 24.3 Å². The lowest BCUT2D eigenvalue weighted by Crippen LogP contribution is -2.48. The molecule has 1 saturated heterocycles. The Morgan fingerprint density at radius 1 is 1.29 bits per heavy atom. The Morgan fingerprint density at radius 3 is 2.57 bits per heavy atom. The van der Waals surface area contributed by atoms with E-state index in [0.717, 1.165) is 22.1 Å². The van der Waals surface area contributed by atoms with Gasteiger partial charge in [0.2, 0.25) is 5.79 Å². The van der Waals surface area contributed by atoms with Gasteiger partial charge in [0, 0.05) is 21.5 Å². The van der Waals surface area contributed by atoms with Crippen LogP contribution in [-0.4, -0.2) is 36.8 Å². The zero-order chi connectivity index (χ0) is 14.2. The van der Waals surface area contributed by atoms with E-state index in [1.165, 1.54) is 4.88 Å². The summed E-state index contributed by atoms with van der Waals surface area (Å²) < 4.78 is 6.68. The highest BCUT2D eigenvalue weighted by Crippen LogP contribution is 2.35. The van der Waals surface area contributed by atoms with E-state index in [1.807, 2.05) is 37.4 Å². The summed E-state index contributed by atoms with van der Waals surface area (Å²) in [6.45, 7) is 1.89. The number of nitrogens with zero attached hydrogens (tertiary/aromatic N) is 1. The van der Waals surface area contributed by atoms with E-state index in [9.17, 15) is 5.11 Å². The fourth-order valence-corrected chi connectivity index (χ4v) is 4.03. The summed E-state index contributed by atoms with van der Waals surface area (Å²) in [7, 11) is 1.99. The standard InChI is InChI=1S/C15H16BrNO2S.BrH/c1-17-7-8-19-15(18,10-17)12-4-2-11(3-5-12)14-13(16)6-9-20-14;/h2-6,9,18H,7-8,10H2,1H3;1H. The number of β-amino-alcohol motifs (C(OH)–C–C–N with tert-alkyl or cyclic N) is 1. The van der Waals surface area contributed by atoms with Gasteiger partial charge in [-0.05, 0) is 40.0 Å². The predicted molar refractivity (Wildman–Crippen MR) is 95.1 cm³/mol. The van der Waals surface area contributed by atoms with E-state index in [-0.39, 0.29) is 17.0 Å². The molecule has 0 saturated carbocycles. The Bertz CT molecular complexity index is 602. The van der Waals surface area contributed by atoms with E-state index < -0.39 is 5.79 Å². The maximum Gasteiger partial charge on any atom is 0.205 e. The van der Waals surface area contributed by atoms with Crippen LogP contribution < -0.4 is 0 Å². The predicted octanol–water partition coefficient (Wildman–Crippen LogP) is 3.86. The summed E-state index contributed by atoms with van der Waals surface area (Å²) in [5, 5.41) is 12.7. The minimum Gasteiger partial charge on any atom is -0.361 e. The molecule has 21 heavy (non-hydrogen) atoms. The largest absolute Gasteiger partial charge is 0.361 e.